The van der Waals surface area contributed by atoms with Gasteiger partial charge in [-0.2, -0.15) is 0 Å². The largest absolute Gasteiger partial charge is 0.478 e. The molecule has 2 aromatic carbocycles. The first-order valence-corrected chi connectivity index (χ1v) is 4.57. The van der Waals surface area contributed by atoms with Crippen LogP contribution >= 0.6 is 0 Å². The number of hydrogen-bond acceptors (Lipinski definition) is 1. The molecule has 2 rings (SSSR count). The molecular formula is C13H9CdO2Y. The zero-order valence-corrected chi connectivity index (χ0v) is 16.1. The number of carbonyl (C=O) groups is 1. The molecule has 2 radical (unpaired) electrons. The first kappa shape index (κ1) is 16.9. The average Bonchev–Trinajstić information content (AvgIpc) is 2.30. The Balaban J connectivity index is 0.00000128. The summed E-state index contributed by atoms with van der Waals surface area (Å²) in [6, 6.07) is 17.3. The van der Waals surface area contributed by atoms with Crippen molar-refractivity contribution in [1.29, 1.82) is 0 Å². The van der Waals surface area contributed by atoms with Gasteiger partial charge in [-0.1, -0.05) is 36.4 Å². The van der Waals surface area contributed by atoms with E-state index in [0.717, 1.165) is 11.1 Å². The molecule has 0 saturated heterocycles. The molecule has 1 N–H and O–H groups in total. The van der Waals surface area contributed by atoms with Gasteiger partial charge >= 0.3 is 5.97 Å². The number of carboxylic acids is 1. The molecule has 4 heteroatoms. The minimum Gasteiger partial charge on any atom is -0.478 e. The Morgan fingerprint density at radius 1 is 0.941 bits per heavy atom. The van der Waals surface area contributed by atoms with Crippen molar-refractivity contribution in [2.45, 2.75) is 0 Å². The van der Waals surface area contributed by atoms with Gasteiger partial charge in [0, 0.05) is 60.0 Å². The summed E-state index contributed by atoms with van der Waals surface area (Å²) in [5, 5.41) is 8.74. The summed E-state index contributed by atoms with van der Waals surface area (Å²) in [6.07, 6.45) is 0. The average molecular weight is 399 g/mol. The van der Waals surface area contributed by atoms with E-state index in [1.54, 1.807) is 24.3 Å². The minimum absolute atomic E-state index is 0. The van der Waals surface area contributed by atoms with Gasteiger partial charge in [0.25, 0.3) is 0 Å². The molecule has 0 heterocycles. The van der Waals surface area contributed by atoms with Crippen LogP contribution in [0, 0.1) is 6.07 Å². The molecule has 2 aromatic rings. The molecule has 0 aliphatic rings. The van der Waals surface area contributed by atoms with Crippen molar-refractivity contribution >= 4 is 5.97 Å². The third kappa shape index (κ3) is 4.60. The second-order valence-corrected chi connectivity index (χ2v) is 3.17. The fraction of sp³-hybridized carbons (Fsp3) is 0. The number of aromatic carboxylic acids is 1. The Labute approximate surface area is 145 Å². The second-order valence-electron chi connectivity index (χ2n) is 3.17. The van der Waals surface area contributed by atoms with Crippen molar-refractivity contribution in [3.05, 3.63) is 60.2 Å². The van der Waals surface area contributed by atoms with Crippen molar-refractivity contribution < 1.29 is 69.9 Å². The van der Waals surface area contributed by atoms with Crippen LogP contribution in [0.2, 0.25) is 0 Å². The van der Waals surface area contributed by atoms with Crippen LogP contribution in [-0.2, 0) is 60.0 Å². The Morgan fingerprint density at radius 2 is 1.41 bits per heavy atom. The Kier molecular flexibility index (Phi) is 8.08. The smallest absolute Gasteiger partial charge is 0.335 e. The maximum absolute atomic E-state index is 10.6. The quantitative estimate of drug-likeness (QED) is 0.790. The number of benzene rings is 2. The molecule has 0 aliphatic heterocycles. The van der Waals surface area contributed by atoms with Crippen LogP contribution < -0.4 is 0 Å². The summed E-state index contributed by atoms with van der Waals surface area (Å²) < 4.78 is 0. The van der Waals surface area contributed by atoms with Gasteiger partial charge in [-0.3, -0.25) is 0 Å². The van der Waals surface area contributed by atoms with Crippen LogP contribution in [0.4, 0.5) is 0 Å². The molecular weight excluding hydrogens is 389 g/mol. The van der Waals surface area contributed by atoms with Crippen LogP contribution in [0.3, 0.4) is 0 Å². The number of rotatable bonds is 2. The van der Waals surface area contributed by atoms with Crippen molar-refractivity contribution in [3.63, 3.8) is 0 Å². The Morgan fingerprint density at radius 3 is 1.88 bits per heavy atom. The van der Waals surface area contributed by atoms with E-state index < -0.39 is 5.97 Å². The first-order valence-electron chi connectivity index (χ1n) is 4.57. The summed E-state index contributed by atoms with van der Waals surface area (Å²) in [7, 11) is 0. The van der Waals surface area contributed by atoms with Gasteiger partial charge in [0.2, 0.25) is 0 Å². The third-order valence-corrected chi connectivity index (χ3v) is 2.18. The molecule has 0 saturated carbocycles. The number of hydrogen-bond donors (Lipinski definition) is 1. The standard InChI is InChI=1S/C13H9O2.Cd.Y/c14-13(15)12-8-6-11(7-9-12)10-4-2-1-3-5-10;;/h2-9H,(H,14,15);;. The van der Waals surface area contributed by atoms with Crippen LogP contribution in [0.5, 0.6) is 0 Å². The van der Waals surface area contributed by atoms with E-state index in [1.165, 1.54) is 0 Å². The SMILES string of the molecule is O=C(O)c1ccc(-c2cc[c]cc2)cc1.[Cd].[Y]. The van der Waals surface area contributed by atoms with E-state index in [-0.39, 0.29) is 60.0 Å². The van der Waals surface area contributed by atoms with Gasteiger partial charge in [-0.15, -0.1) is 0 Å². The van der Waals surface area contributed by atoms with Crippen molar-refractivity contribution in [2.24, 2.45) is 0 Å². The summed E-state index contributed by atoms with van der Waals surface area (Å²) in [5.41, 5.74) is 2.38. The molecule has 2 nitrogen and oxygen atoms in total. The summed E-state index contributed by atoms with van der Waals surface area (Å²) in [5.74, 6) is -0.900. The maximum Gasteiger partial charge on any atom is 0.335 e. The molecule has 0 amide bonds. The molecule has 0 aromatic heterocycles. The summed E-state index contributed by atoms with van der Waals surface area (Å²) in [4.78, 5) is 10.6. The predicted molar refractivity (Wildman–Crippen MR) is 57.7 cm³/mol. The van der Waals surface area contributed by atoms with Gasteiger partial charge in [0.1, 0.15) is 0 Å². The first-order chi connectivity index (χ1) is 7.27. The monoisotopic (exact) mass is 400 g/mol. The van der Waals surface area contributed by atoms with Gasteiger partial charge in [0.05, 0.1) is 5.56 Å². The van der Waals surface area contributed by atoms with Crippen LogP contribution in [-0.4, -0.2) is 11.1 Å². The zero-order valence-electron chi connectivity index (χ0n) is 9.26. The molecule has 0 aliphatic carbocycles. The van der Waals surface area contributed by atoms with E-state index >= 15 is 0 Å². The topological polar surface area (TPSA) is 37.3 Å². The molecule has 0 bridgehead atoms. The molecule has 17 heavy (non-hydrogen) atoms. The fourth-order valence-corrected chi connectivity index (χ4v) is 1.38. The van der Waals surface area contributed by atoms with Gasteiger partial charge in [-0.05, 0) is 29.3 Å². The summed E-state index contributed by atoms with van der Waals surface area (Å²) >= 11 is 0. The molecule has 0 fully saturated rings. The molecule has 78 valence electrons. The van der Waals surface area contributed by atoms with Gasteiger partial charge < -0.3 is 5.11 Å². The van der Waals surface area contributed by atoms with E-state index in [0.29, 0.717) is 5.56 Å². The van der Waals surface area contributed by atoms with E-state index in [4.69, 9.17) is 5.11 Å². The minimum atomic E-state index is -0.900. The molecule has 0 atom stereocenters. The van der Waals surface area contributed by atoms with Crippen LogP contribution in [0.25, 0.3) is 11.1 Å². The molecule has 0 unspecified atom stereocenters. The van der Waals surface area contributed by atoms with E-state index in [2.05, 4.69) is 6.07 Å². The van der Waals surface area contributed by atoms with Crippen molar-refractivity contribution in [2.75, 3.05) is 0 Å². The predicted octanol–water partition coefficient (Wildman–Crippen LogP) is 2.85. The van der Waals surface area contributed by atoms with Crippen molar-refractivity contribution in [3.8, 4) is 11.1 Å². The third-order valence-electron chi connectivity index (χ3n) is 2.18. The Hall–Kier alpha value is -0.0640. The van der Waals surface area contributed by atoms with Gasteiger partial charge in [0.15, 0.2) is 0 Å². The molecule has 0 spiro atoms. The fourth-order valence-electron chi connectivity index (χ4n) is 1.38. The maximum atomic E-state index is 10.6. The van der Waals surface area contributed by atoms with E-state index in [9.17, 15) is 4.79 Å². The summed E-state index contributed by atoms with van der Waals surface area (Å²) in [6.45, 7) is 0. The Bertz CT molecular complexity index is 469. The normalized spacial score (nSPS) is 8.71. The van der Waals surface area contributed by atoms with Crippen LogP contribution in [0.15, 0.2) is 48.5 Å². The second kappa shape index (κ2) is 8.11. The zero-order chi connectivity index (χ0) is 10.7. The number of carboxylic acid groups (broad SMARTS) is 1. The van der Waals surface area contributed by atoms with Crippen molar-refractivity contribution in [1.82, 2.24) is 0 Å². The van der Waals surface area contributed by atoms with Crippen LogP contribution in [0.1, 0.15) is 10.4 Å². The van der Waals surface area contributed by atoms with Gasteiger partial charge in [-0.25, -0.2) is 4.79 Å². The van der Waals surface area contributed by atoms with E-state index in [1.807, 2.05) is 24.3 Å².